The molecule has 3 heteroatoms. The average Bonchev–Trinajstić information content (AvgIpc) is 2.22. The summed E-state index contributed by atoms with van der Waals surface area (Å²) in [4.78, 5) is 14.4. The molecule has 0 radical (unpaired) electrons. The van der Waals surface area contributed by atoms with Crippen molar-refractivity contribution in [3.8, 4) is 0 Å². The Morgan fingerprint density at radius 3 is 2.10 bits per heavy atom. The standard InChI is InChI=1S/C17H33NO2/c1-13(2)9-7-8-10-14(16(3,4)5)15(19)18-11-17(6,20)12-18/h13-14,20H,7-12H2,1-6H3. The first kappa shape index (κ1) is 17.5. The van der Waals surface area contributed by atoms with Crippen LogP contribution in [0.4, 0.5) is 0 Å². The van der Waals surface area contributed by atoms with E-state index in [0.717, 1.165) is 18.8 Å². The van der Waals surface area contributed by atoms with Gasteiger partial charge >= 0.3 is 0 Å². The van der Waals surface area contributed by atoms with Crippen molar-refractivity contribution in [2.45, 2.75) is 72.8 Å². The van der Waals surface area contributed by atoms with Crippen LogP contribution in [0.15, 0.2) is 0 Å². The van der Waals surface area contributed by atoms with Gasteiger partial charge in [0.1, 0.15) is 0 Å². The van der Waals surface area contributed by atoms with Crippen molar-refractivity contribution in [1.29, 1.82) is 0 Å². The second-order valence-electron chi connectivity index (χ2n) is 8.29. The number of likely N-dealkylation sites (tertiary alicyclic amines) is 1. The van der Waals surface area contributed by atoms with Crippen LogP contribution in [0.5, 0.6) is 0 Å². The molecule has 1 unspecified atom stereocenters. The normalized spacial score (nSPS) is 19.9. The van der Waals surface area contributed by atoms with Gasteiger partial charge in [0.25, 0.3) is 0 Å². The van der Waals surface area contributed by atoms with Crippen LogP contribution in [0.25, 0.3) is 0 Å². The lowest BCUT2D eigenvalue weighted by atomic mass is 9.76. The number of aliphatic hydroxyl groups is 1. The molecule has 1 amide bonds. The zero-order valence-corrected chi connectivity index (χ0v) is 14.2. The summed E-state index contributed by atoms with van der Waals surface area (Å²) in [7, 11) is 0. The van der Waals surface area contributed by atoms with E-state index in [4.69, 9.17) is 0 Å². The van der Waals surface area contributed by atoms with Crippen molar-refractivity contribution in [3.05, 3.63) is 0 Å². The van der Waals surface area contributed by atoms with Gasteiger partial charge in [0.15, 0.2) is 0 Å². The molecule has 0 bridgehead atoms. The van der Waals surface area contributed by atoms with E-state index in [0.29, 0.717) is 13.1 Å². The smallest absolute Gasteiger partial charge is 0.226 e. The molecule has 20 heavy (non-hydrogen) atoms. The van der Waals surface area contributed by atoms with E-state index in [1.807, 2.05) is 4.90 Å². The number of rotatable bonds is 6. The van der Waals surface area contributed by atoms with E-state index < -0.39 is 5.60 Å². The Morgan fingerprint density at radius 2 is 1.70 bits per heavy atom. The SMILES string of the molecule is CC(C)CCCCC(C(=O)N1CC(C)(O)C1)C(C)(C)C. The molecule has 1 saturated heterocycles. The van der Waals surface area contributed by atoms with Crippen molar-refractivity contribution in [2.75, 3.05) is 13.1 Å². The third-order valence-corrected chi connectivity index (χ3v) is 4.24. The van der Waals surface area contributed by atoms with Gasteiger partial charge in [-0.2, -0.15) is 0 Å². The molecule has 1 rings (SSSR count). The predicted octanol–water partition coefficient (Wildman–Crippen LogP) is 3.46. The average molecular weight is 283 g/mol. The second kappa shape index (κ2) is 6.46. The minimum absolute atomic E-state index is 0.00361. The summed E-state index contributed by atoms with van der Waals surface area (Å²) in [5, 5.41) is 9.80. The molecule has 118 valence electrons. The number of unbranched alkanes of at least 4 members (excludes halogenated alkanes) is 1. The van der Waals surface area contributed by atoms with Crippen LogP contribution in [0.2, 0.25) is 0 Å². The summed E-state index contributed by atoms with van der Waals surface area (Å²) >= 11 is 0. The third-order valence-electron chi connectivity index (χ3n) is 4.24. The van der Waals surface area contributed by atoms with Crippen LogP contribution in [0.3, 0.4) is 0 Å². The summed E-state index contributed by atoms with van der Waals surface area (Å²) in [6, 6.07) is 0. The highest BCUT2D eigenvalue weighted by Crippen LogP contribution is 2.34. The molecule has 0 saturated carbocycles. The van der Waals surface area contributed by atoms with Crippen LogP contribution in [0.1, 0.15) is 67.2 Å². The van der Waals surface area contributed by atoms with Gasteiger partial charge in [-0.3, -0.25) is 4.79 Å². The maximum atomic E-state index is 12.6. The van der Waals surface area contributed by atoms with Gasteiger partial charge in [-0.15, -0.1) is 0 Å². The zero-order valence-electron chi connectivity index (χ0n) is 14.2. The van der Waals surface area contributed by atoms with E-state index in [1.54, 1.807) is 6.92 Å². The second-order valence-corrected chi connectivity index (χ2v) is 8.29. The first-order valence-corrected chi connectivity index (χ1v) is 8.04. The molecule has 1 N–H and O–H groups in total. The maximum Gasteiger partial charge on any atom is 0.226 e. The van der Waals surface area contributed by atoms with E-state index in [9.17, 15) is 9.90 Å². The molecule has 1 fully saturated rings. The van der Waals surface area contributed by atoms with Gasteiger partial charge in [-0.1, -0.05) is 53.9 Å². The van der Waals surface area contributed by atoms with Crippen molar-refractivity contribution in [2.24, 2.45) is 17.3 Å². The summed E-state index contributed by atoms with van der Waals surface area (Å²) in [6.45, 7) is 13.7. The first-order valence-electron chi connectivity index (χ1n) is 8.04. The molecule has 1 heterocycles. The minimum atomic E-state index is -0.671. The Balaban J connectivity index is 2.50. The Morgan fingerprint density at radius 1 is 1.20 bits per heavy atom. The van der Waals surface area contributed by atoms with Crippen LogP contribution >= 0.6 is 0 Å². The largest absolute Gasteiger partial charge is 0.386 e. The highest BCUT2D eigenvalue weighted by Gasteiger charge is 2.43. The third kappa shape index (κ3) is 5.08. The molecule has 0 aromatic carbocycles. The number of β-amino-alcohol motifs (C(OH)–C–C–N with tert-alkyl or cyclic N) is 1. The molecular weight excluding hydrogens is 250 g/mol. The molecule has 0 aliphatic carbocycles. The van der Waals surface area contributed by atoms with Crippen LogP contribution in [-0.2, 0) is 4.79 Å². The number of carbonyl (C=O) groups excluding carboxylic acids is 1. The van der Waals surface area contributed by atoms with Crippen molar-refractivity contribution >= 4 is 5.91 Å². The lowest BCUT2D eigenvalue weighted by molar-refractivity contribution is -0.160. The summed E-state index contributed by atoms with van der Waals surface area (Å²) in [5.74, 6) is 1.05. The van der Waals surface area contributed by atoms with Crippen molar-refractivity contribution < 1.29 is 9.90 Å². The fraction of sp³-hybridized carbons (Fsp3) is 0.941. The quantitative estimate of drug-likeness (QED) is 0.758. The fourth-order valence-corrected chi connectivity index (χ4v) is 2.98. The highest BCUT2D eigenvalue weighted by molar-refractivity contribution is 5.80. The van der Waals surface area contributed by atoms with Gasteiger partial charge in [-0.05, 0) is 24.7 Å². The number of hydrogen-bond acceptors (Lipinski definition) is 2. The van der Waals surface area contributed by atoms with Crippen LogP contribution < -0.4 is 0 Å². The number of hydrogen-bond donors (Lipinski definition) is 1. The Labute approximate surface area is 124 Å². The summed E-state index contributed by atoms with van der Waals surface area (Å²) < 4.78 is 0. The molecule has 3 nitrogen and oxygen atoms in total. The first-order chi connectivity index (χ1) is 9.03. The van der Waals surface area contributed by atoms with Gasteiger partial charge in [0.2, 0.25) is 5.91 Å². The zero-order chi connectivity index (χ0) is 15.6. The maximum absolute atomic E-state index is 12.6. The lowest BCUT2D eigenvalue weighted by Crippen LogP contribution is -2.63. The van der Waals surface area contributed by atoms with Gasteiger partial charge in [0.05, 0.1) is 18.7 Å². The topological polar surface area (TPSA) is 40.5 Å². The molecule has 0 aromatic rings. The minimum Gasteiger partial charge on any atom is -0.386 e. The van der Waals surface area contributed by atoms with Gasteiger partial charge in [0, 0.05) is 5.92 Å². The molecule has 0 spiro atoms. The lowest BCUT2D eigenvalue weighted by Gasteiger charge is -2.47. The molecule has 0 aromatic heterocycles. The molecule has 1 aliphatic rings. The Hall–Kier alpha value is -0.570. The monoisotopic (exact) mass is 283 g/mol. The molecular formula is C17H33NO2. The predicted molar refractivity (Wildman–Crippen MR) is 83.5 cm³/mol. The number of nitrogens with zero attached hydrogens (tertiary/aromatic N) is 1. The van der Waals surface area contributed by atoms with Crippen LogP contribution in [0, 0.1) is 17.3 Å². The van der Waals surface area contributed by atoms with E-state index >= 15 is 0 Å². The Bertz CT molecular complexity index is 320. The number of amides is 1. The van der Waals surface area contributed by atoms with Crippen molar-refractivity contribution in [3.63, 3.8) is 0 Å². The fourth-order valence-electron chi connectivity index (χ4n) is 2.98. The van der Waals surface area contributed by atoms with Crippen LogP contribution in [-0.4, -0.2) is 34.6 Å². The molecule has 1 aliphatic heterocycles. The van der Waals surface area contributed by atoms with E-state index in [1.165, 1.54) is 12.8 Å². The van der Waals surface area contributed by atoms with Crippen molar-refractivity contribution in [1.82, 2.24) is 4.90 Å². The highest BCUT2D eigenvalue weighted by atomic mass is 16.3. The van der Waals surface area contributed by atoms with E-state index in [2.05, 4.69) is 34.6 Å². The van der Waals surface area contributed by atoms with Gasteiger partial charge < -0.3 is 10.0 Å². The van der Waals surface area contributed by atoms with Gasteiger partial charge in [-0.25, -0.2) is 0 Å². The summed E-state index contributed by atoms with van der Waals surface area (Å²) in [5.41, 5.74) is -0.675. The van der Waals surface area contributed by atoms with E-state index in [-0.39, 0.29) is 17.2 Å². The Kier molecular flexibility index (Phi) is 5.65. The summed E-state index contributed by atoms with van der Waals surface area (Å²) in [6.07, 6.45) is 4.53. The number of carbonyl (C=O) groups is 1. The molecule has 1 atom stereocenters.